The Hall–Kier alpha value is -8.63. The zero-order valence-corrected chi connectivity index (χ0v) is 51.5. The maximum Gasteiger partial charge on any atom is 0.355 e. The smallest absolute Gasteiger partial charge is 0.355 e. The second kappa shape index (κ2) is 24.3. The number of aromatic nitrogens is 8. The van der Waals surface area contributed by atoms with Gasteiger partial charge in [0.1, 0.15) is 46.9 Å². The lowest BCUT2D eigenvalue weighted by atomic mass is 9.98. The van der Waals surface area contributed by atoms with E-state index in [9.17, 15) is 19.5 Å². The number of aliphatic imine (C=N–C) groups is 1. The molecule has 1 unspecified atom stereocenters. The number of halogens is 4. The third-order valence-electron chi connectivity index (χ3n) is 16.2. The largest absolute Gasteiger partial charge is 0.398 e. The molecule has 7 aromatic rings. The summed E-state index contributed by atoms with van der Waals surface area (Å²) in [6, 6.07) is 11.3. The van der Waals surface area contributed by atoms with Crippen molar-refractivity contribution in [1.29, 1.82) is 0 Å². The minimum atomic E-state index is -1.63. The molecule has 0 radical (unpaired) electrons. The lowest BCUT2D eigenvalue weighted by Gasteiger charge is -2.47. The molecule has 10 rings (SSSR count). The number of hydrogen-bond donors (Lipinski definition) is 2. The number of amidine groups is 1. The number of hydrogen-bond acceptors (Lipinski definition) is 16. The van der Waals surface area contributed by atoms with Crippen LogP contribution in [0.4, 0.5) is 36.2 Å². The van der Waals surface area contributed by atoms with Crippen LogP contribution in [-0.2, 0) is 9.59 Å². The van der Waals surface area contributed by atoms with Crippen LogP contribution < -0.4 is 21.2 Å². The van der Waals surface area contributed by atoms with Crippen molar-refractivity contribution in [2.24, 2.45) is 4.99 Å². The Morgan fingerprint density at radius 2 is 1.25 bits per heavy atom. The first-order valence-electron chi connectivity index (χ1n) is 29.2. The summed E-state index contributed by atoms with van der Waals surface area (Å²) in [4.78, 5) is 89.7. The van der Waals surface area contributed by atoms with Crippen molar-refractivity contribution in [1.82, 2.24) is 54.2 Å². The first-order chi connectivity index (χ1) is 41.3. The van der Waals surface area contributed by atoms with Crippen molar-refractivity contribution in [3.63, 3.8) is 0 Å². The summed E-state index contributed by atoms with van der Waals surface area (Å²) in [5, 5.41) is 12.8. The van der Waals surface area contributed by atoms with Gasteiger partial charge in [0.15, 0.2) is 11.5 Å². The van der Waals surface area contributed by atoms with Crippen LogP contribution in [0.5, 0.6) is 0 Å². The average molecular weight is 1210 g/mol. The number of benzene rings is 2. The van der Waals surface area contributed by atoms with E-state index < -0.39 is 41.6 Å². The number of anilines is 4. The van der Waals surface area contributed by atoms with Gasteiger partial charge in [0.05, 0.1) is 61.4 Å². The van der Waals surface area contributed by atoms with Crippen LogP contribution in [-0.4, -0.2) is 134 Å². The summed E-state index contributed by atoms with van der Waals surface area (Å²) >= 11 is 7.07. The van der Waals surface area contributed by atoms with Gasteiger partial charge >= 0.3 is 5.69 Å². The molecule has 3 aliphatic rings. The molecule has 0 aliphatic carbocycles. The van der Waals surface area contributed by atoms with Gasteiger partial charge in [0.25, 0.3) is 0 Å². The Labute approximate surface area is 508 Å². The molecular formula is C64H71ClF3N15O4. The zero-order chi connectivity index (χ0) is 62.8. The van der Waals surface area contributed by atoms with Gasteiger partial charge in [-0.15, -0.1) is 0 Å². The van der Waals surface area contributed by atoms with Gasteiger partial charge < -0.3 is 30.4 Å². The van der Waals surface area contributed by atoms with Crippen molar-refractivity contribution >= 4 is 69.4 Å². The van der Waals surface area contributed by atoms with E-state index in [-0.39, 0.29) is 122 Å². The van der Waals surface area contributed by atoms with Crippen LogP contribution in [0.25, 0.3) is 45.3 Å². The number of carbonyl (C=O) groups excluding carboxylic acids is 2. The molecular weight excluding hydrogens is 1140 g/mol. The summed E-state index contributed by atoms with van der Waals surface area (Å²) in [7, 11) is 0. The Morgan fingerprint density at radius 1 is 0.667 bits per heavy atom. The molecule has 2 amide bonds. The van der Waals surface area contributed by atoms with Crippen LogP contribution in [0.2, 0.25) is 5.02 Å². The minimum absolute atomic E-state index is 0.0271. The Kier molecular flexibility index (Phi) is 17.1. The molecule has 2 fully saturated rings. The number of piperazine rings is 2. The van der Waals surface area contributed by atoms with E-state index >= 15 is 13.2 Å². The monoisotopic (exact) mass is 1210 g/mol. The number of nitrogen functional groups attached to an aromatic ring is 1. The number of rotatable bonds is 12. The molecule has 0 spiro atoms. The van der Waals surface area contributed by atoms with E-state index in [4.69, 9.17) is 42.3 Å². The first-order valence-corrected chi connectivity index (χ1v) is 29.6. The molecule has 5 atom stereocenters. The van der Waals surface area contributed by atoms with E-state index in [1.54, 1.807) is 34.1 Å². The fourth-order valence-electron chi connectivity index (χ4n) is 11.9. The second-order valence-corrected chi connectivity index (χ2v) is 24.2. The summed E-state index contributed by atoms with van der Waals surface area (Å²) in [6.07, 6.45) is 4.05. The topological polar surface area (TPSA) is 221 Å². The van der Waals surface area contributed by atoms with E-state index in [1.807, 2.05) is 92.9 Å². The number of aliphatic hydroxyl groups excluding tert-OH is 1. The molecule has 8 heterocycles. The SMILES string of the molecule is C=CC(=O)N1C[C@H](C)N(C2=NC(O)N(c3c(C(C)C)nc(/C=C\C(=O)N4C[C@H](C)N(c5nc(=O)n(-c6c(C(C)C)ncnc6C(C)C)c6nc(-c7ccccc7F)c(F)cc56)C[C@H]4C)nc3C(C)C)c3nc(-c4c(N)cccc4F)c(Cl)cc32)C[C@H]1C. The standard InChI is InChI=1S/C64H71ClF3N15O4/c1-14-48(84)78-26-37(12)80(28-35(78)10)59-40-24-42(65)56(50-44(67)20-17-21-46(50)69)75-61(40)83(64(87)76-59)58-53(33(6)7)72-47(73-54(58)34(8)9)22-23-49(85)79-27-38(13)81(29-36(79)11)60-41-25-45(68)55(39-18-15-16-19-43(39)66)74-62(41)82(63(86)77-60)57-51(31(2)3)70-30-71-52(57)32(4)5/h14-25,30-38,64,87H,1,26-29,69H2,2-13H3/b23-22-/t35-,36-,37+,38+,64?/m1/s1. The normalized spacial score (nSPS) is 19.1. The number of nitrogens with two attached hydrogens (primary N) is 1. The molecule has 2 saturated heterocycles. The molecule has 454 valence electrons. The van der Waals surface area contributed by atoms with E-state index in [2.05, 4.69) is 21.5 Å². The van der Waals surface area contributed by atoms with E-state index in [1.165, 1.54) is 64.3 Å². The first kappa shape index (κ1) is 61.5. The number of fused-ring (bicyclic) bond motifs is 2. The molecule has 87 heavy (non-hydrogen) atoms. The third-order valence-corrected chi connectivity index (χ3v) is 16.5. The number of carbonyl (C=O) groups is 2. The fraction of sp³-hybridized carbons (Fsp3) is 0.391. The zero-order valence-electron chi connectivity index (χ0n) is 50.8. The van der Waals surface area contributed by atoms with Crippen molar-refractivity contribution < 1.29 is 27.9 Å². The van der Waals surface area contributed by atoms with Gasteiger partial charge in [-0.3, -0.25) is 14.5 Å². The van der Waals surface area contributed by atoms with Gasteiger partial charge in [0, 0.05) is 67.7 Å². The molecule has 0 saturated carbocycles. The summed E-state index contributed by atoms with van der Waals surface area (Å²) < 4.78 is 49.2. The highest BCUT2D eigenvalue weighted by Crippen LogP contribution is 2.46. The lowest BCUT2D eigenvalue weighted by molar-refractivity contribution is -0.131. The lowest BCUT2D eigenvalue weighted by Crippen LogP contribution is -2.60. The number of amides is 2. The molecule has 23 heteroatoms. The van der Waals surface area contributed by atoms with Gasteiger partial charge in [-0.1, -0.05) is 91.8 Å². The van der Waals surface area contributed by atoms with Crippen LogP contribution in [0.1, 0.15) is 141 Å². The Balaban J connectivity index is 1.01. The number of pyridine rings is 2. The van der Waals surface area contributed by atoms with Crippen molar-refractivity contribution in [2.75, 3.05) is 41.7 Å². The van der Waals surface area contributed by atoms with Gasteiger partial charge in [-0.25, -0.2) is 57.4 Å². The highest BCUT2D eigenvalue weighted by atomic mass is 35.5. The van der Waals surface area contributed by atoms with Crippen molar-refractivity contribution in [3.8, 4) is 28.2 Å². The highest BCUT2D eigenvalue weighted by molar-refractivity contribution is 6.34. The van der Waals surface area contributed by atoms with Crippen LogP contribution in [0.15, 0.2) is 89.4 Å². The third kappa shape index (κ3) is 11.3. The molecule has 3 aliphatic heterocycles. The van der Waals surface area contributed by atoms with E-state index in [0.29, 0.717) is 58.6 Å². The van der Waals surface area contributed by atoms with Gasteiger partial charge in [0.2, 0.25) is 18.2 Å². The predicted molar refractivity (Wildman–Crippen MR) is 333 cm³/mol. The van der Waals surface area contributed by atoms with Crippen molar-refractivity contribution in [3.05, 3.63) is 147 Å². The Morgan fingerprint density at radius 3 is 1.85 bits per heavy atom. The van der Waals surface area contributed by atoms with Gasteiger partial charge in [-0.05, 0) is 99.9 Å². The van der Waals surface area contributed by atoms with Crippen LogP contribution in [0, 0.1) is 17.5 Å². The molecule has 2 aromatic carbocycles. The maximum absolute atomic E-state index is 16.6. The number of nitrogens with zero attached hydrogens (tertiary/aromatic N) is 14. The summed E-state index contributed by atoms with van der Waals surface area (Å²) in [5.74, 6) is -2.86. The average Bonchev–Trinajstić information content (AvgIpc) is 0.832. The highest BCUT2D eigenvalue weighted by Gasteiger charge is 2.42. The van der Waals surface area contributed by atoms with Crippen LogP contribution in [0.3, 0.4) is 0 Å². The maximum atomic E-state index is 16.6. The van der Waals surface area contributed by atoms with Crippen LogP contribution >= 0.6 is 11.6 Å². The summed E-state index contributed by atoms with van der Waals surface area (Å²) in [5.41, 5.74) is 8.68. The summed E-state index contributed by atoms with van der Waals surface area (Å²) in [6.45, 7) is 27.8. The minimum Gasteiger partial charge on any atom is -0.398 e. The number of aliphatic hydroxyl groups is 1. The fourth-order valence-corrected chi connectivity index (χ4v) is 12.1. The molecule has 3 N–H and O–H groups in total. The van der Waals surface area contributed by atoms with E-state index in [0.717, 1.165) is 0 Å². The predicted octanol–water partition coefficient (Wildman–Crippen LogP) is 10.7. The Bertz CT molecular complexity index is 3950. The molecule has 5 aromatic heterocycles. The van der Waals surface area contributed by atoms with Crippen molar-refractivity contribution in [2.45, 2.75) is 137 Å². The quantitative estimate of drug-likeness (QED) is 0.0858. The molecule has 19 nitrogen and oxygen atoms in total. The molecule has 0 bridgehead atoms. The second-order valence-electron chi connectivity index (χ2n) is 23.8. The van der Waals surface area contributed by atoms with Gasteiger partial charge in [-0.2, -0.15) is 4.98 Å².